The van der Waals surface area contributed by atoms with Crippen LogP contribution >= 0.6 is 27.7 Å². The maximum Gasteiger partial charge on any atom is 0.216 e. The number of aromatic amines is 1. The SMILES string of the molecule is Cc1nc(Sc2oc(C=O)cc2Br)n[nH]1. The van der Waals surface area contributed by atoms with E-state index in [-0.39, 0.29) is 5.76 Å². The van der Waals surface area contributed by atoms with Gasteiger partial charge in [-0.2, -0.15) is 0 Å². The fraction of sp³-hybridized carbons (Fsp3) is 0.125. The molecule has 0 radical (unpaired) electrons. The number of halogens is 1. The van der Waals surface area contributed by atoms with Crippen LogP contribution in [0.2, 0.25) is 0 Å². The lowest BCUT2D eigenvalue weighted by Gasteiger charge is -1.90. The first-order chi connectivity index (χ1) is 7.19. The molecule has 0 aliphatic heterocycles. The third-order valence-electron chi connectivity index (χ3n) is 1.55. The summed E-state index contributed by atoms with van der Waals surface area (Å²) in [6, 6.07) is 1.61. The highest BCUT2D eigenvalue weighted by Crippen LogP contribution is 2.33. The monoisotopic (exact) mass is 287 g/mol. The topological polar surface area (TPSA) is 71.8 Å². The Balaban J connectivity index is 2.23. The van der Waals surface area contributed by atoms with Crippen LogP contribution in [0.15, 0.2) is 25.2 Å². The molecule has 0 atom stereocenters. The first-order valence-electron chi connectivity index (χ1n) is 4.00. The van der Waals surface area contributed by atoms with Gasteiger partial charge in [0.05, 0.1) is 4.47 Å². The van der Waals surface area contributed by atoms with E-state index >= 15 is 0 Å². The second kappa shape index (κ2) is 4.19. The first-order valence-corrected chi connectivity index (χ1v) is 5.61. The third-order valence-corrected chi connectivity index (χ3v) is 3.26. The summed E-state index contributed by atoms with van der Waals surface area (Å²) in [7, 11) is 0. The van der Waals surface area contributed by atoms with Crippen LogP contribution in [-0.4, -0.2) is 21.5 Å². The Hall–Kier alpha value is -1.08. The highest BCUT2D eigenvalue weighted by molar-refractivity contribution is 9.10. The number of nitrogens with zero attached hydrogens (tertiary/aromatic N) is 2. The van der Waals surface area contributed by atoms with E-state index in [2.05, 4.69) is 31.1 Å². The number of carbonyl (C=O) groups is 1. The molecule has 2 rings (SSSR count). The molecule has 5 nitrogen and oxygen atoms in total. The Morgan fingerprint density at radius 3 is 3.00 bits per heavy atom. The zero-order valence-corrected chi connectivity index (χ0v) is 10.1. The number of hydrogen-bond donors (Lipinski definition) is 1. The van der Waals surface area contributed by atoms with E-state index in [0.29, 0.717) is 16.5 Å². The minimum atomic E-state index is 0.275. The molecule has 0 aliphatic carbocycles. The minimum absolute atomic E-state index is 0.275. The Labute approximate surface area is 97.8 Å². The van der Waals surface area contributed by atoms with Gasteiger partial charge < -0.3 is 4.42 Å². The van der Waals surface area contributed by atoms with Crippen LogP contribution in [0.4, 0.5) is 0 Å². The second-order valence-electron chi connectivity index (χ2n) is 2.71. The van der Waals surface area contributed by atoms with E-state index in [0.717, 1.165) is 10.3 Å². The molecule has 2 aromatic rings. The van der Waals surface area contributed by atoms with Gasteiger partial charge in [-0.05, 0) is 34.6 Å². The van der Waals surface area contributed by atoms with E-state index in [4.69, 9.17) is 4.42 Å². The molecule has 7 heteroatoms. The van der Waals surface area contributed by atoms with Crippen molar-refractivity contribution in [2.24, 2.45) is 0 Å². The summed E-state index contributed by atoms with van der Waals surface area (Å²) in [5, 5.41) is 7.79. The van der Waals surface area contributed by atoms with Gasteiger partial charge in [-0.1, -0.05) is 0 Å². The fourth-order valence-corrected chi connectivity index (χ4v) is 2.23. The van der Waals surface area contributed by atoms with Crippen LogP contribution in [0, 0.1) is 6.92 Å². The summed E-state index contributed by atoms with van der Waals surface area (Å²) in [6.07, 6.45) is 0.651. The van der Waals surface area contributed by atoms with Crippen molar-refractivity contribution < 1.29 is 9.21 Å². The van der Waals surface area contributed by atoms with Crippen molar-refractivity contribution in [1.29, 1.82) is 0 Å². The standard InChI is InChI=1S/C8H6BrN3O2S/c1-4-10-8(12-11-4)15-7-6(9)2-5(3-13)14-7/h2-3H,1H3,(H,10,11,12). The Kier molecular flexibility index (Phi) is 2.92. The van der Waals surface area contributed by atoms with Gasteiger partial charge in [0.15, 0.2) is 17.1 Å². The van der Waals surface area contributed by atoms with Crippen molar-refractivity contribution in [3.63, 3.8) is 0 Å². The van der Waals surface area contributed by atoms with E-state index in [9.17, 15) is 4.79 Å². The number of nitrogens with one attached hydrogen (secondary N) is 1. The zero-order chi connectivity index (χ0) is 10.8. The van der Waals surface area contributed by atoms with Crippen molar-refractivity contribution in [3.8, 4) is 0 Å². The molecule has 0 aliphatic rings. The number of H-pyrrole nitrogens is 1. The van der Waals surface area contributed by atoms with Gasteiger partial charge in [-0.15, -0.1) is 5.10 Å². The molecular weight excluding hydrogens is 282 g/mol. The lowest BCUT2D eigenvalue weighted by molar-refractivity contribution is 0.109. The summed E-state index contributed by atoms with van der Waals surface area (Å²) >= 11 is 4.53. The van der Waals surface area contributed by atoms with Gasteiger partial charge in [0.25, 0.3) is 0 Å². The average Bonchev–Trinajstić information content (AvgIpc) is 2.75. The molecule has 0 spiro atoms. The van der Waals surface area contributed by atoms with Crippen LogP contribution in [0.25, 0.3) is 0 Å². The molecule has 0 aromatic carbocycles. The van der Waals surface area contributed by atoms with Crippen LogP contribution < -0.4 is 0 Å². The van der Waals surface area contributed by atoms with Gasteiger partial charge in [-0.25, -0.2) is 4.98 Å². The van der Waals surface area contributed by atoms with E-state index in [1.54, 1.807) is 6.07 Å². The van der Waals surface area contributed by atoms with Crippen molar-refractivity contribution in [2.45, 2.75) is 17.2 Å². The highest BCUT2D eigenvalue weighted by Gasteiger charge is 2.12. The van der Waals surface area contributed by atoms with E-state index in [1.165, 1.54) is 11.8 Å². The normalized spacial score (nSPS) is 10.5. The molecular formula is C8H6BrN3O2S. The maximum atomic E-state index is 10.5. The van der Waals surface area contributed by atoms with Gasteiger partial charge in [-0.3, -0.25) is 9.89 Å². The molecule has 15 heavy (non-hydrogen) atoms. The second-order valence-corrected chi connectivity index (χ2v) is 4.50. The molecule has 2 heterocycles. The van der Waals surface area contributed by atoms with E-state index in [1.807, 2.05) is 6.92 Å². The van der Waals surface area contributed by atoms with Crippen molar-refractivity contribution in [3.05, 3.63) is 22.1 Å². The predicted molar refractivity (Wildman–Crippen MR) is 57.0 cm³/mol. The summed E-state index contributed by atoms with van der Waals surface area (Å²) in [5.74, 6) is 1.01. The molecule has 0 fully saturated rings. The first kappa shape index (κ1) is 10.4. The molecule has 0 amide bonds. The van der Waals surface area contributed by atoms with Crippen LogP contribution in [0.1, 0.15) is 16.4 Å². The van der Waals surface area contributed by atoms with Gasteiger partial charge in [0.1, 0.15) is 5.82 Å². The third kappa shape index (κ3) is 2.29. The number of carbonyl (C=O) groups excluding carboxylic acids is 1. The summed E-state index contributed by atoms with van der Waals surface area (Å²) in [6.45, 7) is 1.81. The van der Waals surface area contributed by atoms with Crippen molar-refractivity contribution >= 4 is 34.0 Å². The summed E-state index contributed by atoms with van der Waals surface area (Å²) in [5.41, 5.74) is 0. The molecule has 0 bridgehead atoms. The largest absolute Gasteiger partial charge is 0.445 e. The number of aryl methyl sites for hydroxylation is 1. The lowest BCUT2D eigenvalue weighted by Crippen LogP contribution is -1.74. The Bertz CT molecular complexity index is 494. The summed E-state index contributed by atoms with van der Waals surface area (Å²) in [4.78, 5) is 14.6. The smallest absolute Gasteiger partial charge is 0.216 e. The van der Waals surface area contributed by atoms with Gasteiger partial charge >= 0.3 is 0 Å². The van der Waals surface area contributed by atoms with Crippen LogP contribution in [0.3, 0.4) is 0 Å². The highest BCUT2D eigenvalue weighted by atomic mass is 79.9. The fourth-order valence-electron chi connectivity index (χ4n) is 0.947. The van der Waals surface area contributed by atoms with Gasteiger partial charge in [0, 0.05) is 6.07 Å². The molecule has 0 saturated carbocycles. The van der Waals surface area contributed by atoms with E-state index < -0.39 is 0 Å². The zero-order valence-electron chi connectivity index (χ0n) is 7.65. The lowest BCUT2D eigenvalue weighted by atomic mass is 10.5. The molecule has 0 saturated heterocycles. The number of rotatable bonds is 3. The van der Waals surface area contributed by atoms with Crippen LogP contribution in [-0.2, 0) is 0 Å². The quantitative estimate of drug-likeness (QED) is 0.878. The average molecular weight is 288 g/mol. The van der Waals surface area contributed by atoms with Crippen LogP contribution in [0.5, 0.6) is 0 Å². The maximum absolute atomic E-state index is 10.5. The minimum Gasteiger partial charge on any atom is -0.445 e. The summed E-state index contributed by atoms with van der Waals surface area (Å²) < 4.78 is 5.95. The number of furan rings is 1. The molecule has 0 unspecified atom stereocenters. The number of aromatic nitrogens is 3. The van der Waals surface area contributed by atoms with Crippen molar-refractivity contribution in [1.82, 2.24) is 15.2 Å². The Morgan fingerprint density at radius 1 is 1.67 bits per heavy atom. The molecule has 78 valence electrons. The Morgan fingerprint density at radius 2 is 2.47 bits per heavy atom. The predicted octanol–water partition coefficient (Wildman–Crippen LogP) is 2.43. The van der Waals surface area contributed by atoms with Gasteiger partial charge in [0.2, 0.25) is 5.16 Å². The number of aldehydes is 1. The van der Waals surface area contributed by atoms with Crippen molar-refractivity contribution in [2.75, 3.05) is 0 Å². The molecule has 1 N–H and O–H groups in total. The molecule has 2 aromatic heterocycles. The number of hydrogen-bond acceptors (Lipinski definition) is 5.